The Morgan fingerprint density at radius 1 is 1.26 bits per heavy atom. The number of thiophene rings is 1. The maximum absolute atomic E-state index is 12.6. The third-order valence-electron chi connectivity index (χ3n) is 3.67. The first-order valence-corrected chi connectivity index (χ1v) is 8.42. The Labute approximate surface area is 140 Å². The van der Waals surface area contributed by atoms with Crippen molar-refractivity contribution >= 4 is 27.5 Å². The molecule has 118 valence electrons. The Balaban J connectivity index is 1.87. The minimum atomic E-state index is -0.0452. The number of aryl methyl sites for hydroxylation is 1. The number of nitrogens with zero attached hydrogens (tertiary/aromatic N) is 1. The van der Waals surface area contributed by atoms with Gasteiger partial charge in [0.1, 0.15) is 5.69 Å². The van der Waals surface area contributed by atoms with Gasteiger partial charge in [0.05, 0.1) is 10.2 Å². The van der Waals surface area contributed by atoms with Gasteiger partial charge in [-0.15, -0.1) is 11.3 Å². The monoisotopic (exact) mass is 324 g/mol. The lowest BCUT2D eigenvalue weighted by Gasteiger charge is -2.11. The highest BCUT2D eigenvalue weighted by atomic mass is 32.1. The molecule has 0 aliphatic heterocycles. The Bertz CT molecular complexity index is 858. The van der Waals surface area contributed by atoms with E-state index in [1.807, 2.05) is 43.3 Å². The lowest BCUT2D eigenvalue weighted by Crippen LogP contribution is -2.25. The molecule has 0 bridgehead atoms. The fourth-order valence-electron chi connectivity index (χ4n) is 2.66. The fourth-order valence-corrected chi connectivity index (χ4v) is 3.62. The van der Waals surface area contributed by atoms with E-state index < -0.39 is 0 Å². The summed E-state index contributed by atoms with van der Waals surface area (Å²) >= 11 is 1.72. The van der Waals surface area contributed by atoms with E-state index in [1.165, 1.54) is 4.88 Å². The number of nitrogens with one attached hydrogen (secondary N) is 1. The molecule has 0 spiro atoms. The normalized spacial score (nSPS) is 10.9. The van der Waals surface area contributed by atoms with Crippen LogP contribution in [0.3, 0.4) is 0 Å². The highest BCUT2D eigenvalue weighted by molar-refractivity contribution is 7.19. The molecule has 2 heterocycles. The smallest absolute Gasteiger partial charge is 0.268 e. The van der Waals surface area contributed by atoms with Gasteiger partial charge in [0.15, 0.2) is 0 Å². The number of fused-ring (bicyclic) bond motifs is 1. The van der Waals surface area contributed by atoms with E-state index in [9.17, 15) is 4.79 Å². The molecular weight excluding hydrogens is 304 g/mol. The summed E-state index contributed by atoms with van der Waals surface area (Å²) in [6.45, 7) is 9.25. The van der Waals surface area contributed by atoms with E-state index in [0.717, 1.165) is 21.4 Å². The lowest BCUT2D eigenvalue weighted by atomic mass is 10.2. The molecule has 2 aromatic heterocycles. The molecule has 0 aliphatic rings. The predicted molar refractivity (Wildman–Crippen MR) is 97.0 cm³/mol. The molecule has 3 aromatic rings. The molecule has 3 rings (SSSR count). The zero-order chi connectivity index (χ0) is 16.4. The molecule has 0 atom stereocenters. The van der Waals surface area contributed by atoms with E-state index >= 15 is 0 Å². The van der Waals surface area contributed by atoms with Gasteiger partial charge in [0.25, 0.3) is 5.91 Å². The van der Waals surface area contributed by atoms with Crippen molar-refractivity contribution in [2.45, 2.75) is 26.9 Å². The molecule has 3 nitrogen and oxygen atoms in total. The first-order valence-electron chi connectivity index (χ1n) is 7.61. The Morgan fingerprint density at radius 3 is 2.70 bits per heavy atom. The van der Waals surface area contributed by atoms with Crippen LogP contribution in [0, 0.1) is 6.92 Å². The first-order chi connectivity index (χ1) is 11.0. The van der Waals surface area contributed by atoms with Crippen molar-refractivity contribution in [1.82, 2.24) is 9.88 Å². The molecule has 0 fully saturated rings. The summed E-state index contributed by atoms with van der Waals surface area (Å²) in [4.78, 5) is 13.9. The minimum Gasteiger partial charge on any atom is -0.347 e. The van der Waals surface area contributed by atoms with Crippen molar-refractivity contribution in [3.8, 4) is 0 Å². The van der Waals surface area contributed by atoms with Gasteiger partial charge < -0.3 is 9.88 Å². The summed E-state index contributed by atoms with van der Waals surface area (Å²) in [5.41, 5.74) is 3.94. The molecule has 0 unspecified atom stereocenters. The SMILES string of the molecule is C=C(C)Cn1c(C(=O)NCc2ccccc2)cc2sc(C)cc21. The summed E-state index contributed by atoms with van der Waals surface area (Å²) in [7, 11) is 0. The molecule has 0 aliphatic carbocycles. The van der Waals surface area contributed by atoms with Gasteiger partial charge in [-0.05, 0) is 31.5 Å². The van der Waals surface area contributed by atoms with Crippen LogP contribution in [-0.2, 0) is 13.1 Å². The largest absolute Gasteiger partial charge is 0.347 e. The zero-order valence-electron chi connectivity index (χ0n) is 13.4. The molecule has 1 aromatic carbocycles. The van der Waals surface area contributed by atoms with Gasteiger partial charge in [-0.2, -0.15) is 0 Å². The third kappa shape index (κ3) is 3.37. The number of aromatic nitrogens is 1. The lowest BCUT2D eigenvalue weighted by molar-refractivity contribution is 0.0942. The van der Waals surface area contributed by atoms with Crippen LogP contribution in [0.2, 0.25) is 0 Å². The quantitative estimate of drug-likeness (QED) is 0.688. The number of amides is 1. The van der Waals surface area contributed by atoms with Crippen LogP contribution < -0.4 is 5.32 Å². The minimum absolute atomic E-state index is 0.0452. The van der Waals surface area contributed by atoms with Crippen molar-refractivity contribution < 1.29 is 4.79 Å². The van der Waals surface area contributed by atoms with E-state index in [1.54, 1.807) is 11.3 Å². The van der Waals surface area contributed by atoms with E-state index in [4.69, 9.17) is 0 Å². The Hall–Kier alpha value is -2.33. The van der Waals surface area contributed by atoms with Crippen molar-refractivity contribution in [1.29, 1.82) is 0 Å². The van der Waals surface area contributed by atoms with Gasteiger partial charge in [-0.25, -0.2) is 0 Å². The van der Waals surface area contributed by atoms with Crippen molar-refractivity contribution in [2.24, 2.45) is 0 Å². The molecule has 0 saturated carbocycles. The van der Waals surface area contributed by atoms with Crippen LogP contribution in [0.1, 0.15) is 27.9 Å². The highest BCUT2D eigenvalue weighted by Crippen LogP contribution is 2.29. The van der Waals surface area contributed by atoms with Gasteiger partial charge in [-0.3, -0.25) is 4.79 Å². The molecule has 23 heavy (non-hydrogen) atoms. The maximum Gasteiger partial charge on any atom is 0.268 e. The molecule has 0 saturated heterocycles. The van der Waals surface area contributed by atoms with Crippen LogP contribution >= 0.6 is 11.3 Å². The number of carbonyl (C=O) groups excluding carboxylic acids is 1. The Morgan fingerprint density at radius 2 is 2.00 bits per heavy atom. The van der Waals surface area contributed by atoms with Crippen LogP contribution in [-0.4, -0.2) is 10.5 Å². The van der Waals surface area contributed by atoms with Crippen LogP contribution in [0.25, 0.3) is 10.2 Å². The maximum atomic E-state index is 12.6. The average Bonchev–Trinajstić information content (AvgIpc) is 3.03. The van der Waals surface area contributed by atoms with Crippen molar-refractivity contribution in [3.05, 3.63) is 70.8 Å². The molecular formula is C19H20N2OS. The predicted octanol–water partition coefficient (Wildman–Crippen LogP) is 4.52. The molecule has 1 amide bonds. The molecule has 1 N–H and O–H groups in total. The zero-order valence-corrected chi connectivity index (χ0v) is 14.2. The number of benzene rings is 1. The highest BCUT2D eigenvalue weighted by Gasteiger charge is 2.17. The summed E-state index contributed by atoms with van der Waals surface area (Å²) < 4.78 is 3.20. The molecule has 0 radical (unpaired) electrons. The van der Waals surface area contributed by atoms with E-state index in [-0.39, 0.29) is 5.91 Å². The van der Waals surface area contributed by atoms with E-state index in [0.29, 0.717) is 18.8 Å². The van der Waals surface area contributed by atoms with Crippen LogP contribution in [0.5, 0.6) is 0 Å². The van der Waals surface area contributed by atoms with Gasteiger partial charge in [0.2, 0.25) is 0 Å². The second-order valence-electron chi connectivity index (χ2n) is 5.85. The Kier molecular flexibility index (Phi) is 4.35. The van der Waals surface area contributed by atoms with Gasteiger partial charge in [-0.1, -0.05) is 42.5 Å². The van der Waals surface area contributed by atoms with Crippen LogP contribution in [0.15, 0.2) is 54.6 Å². The van der Waals surface area contributed by atoms with Gasteiger partial charge >= 0.3 is 0 Å². The van der Waals surface area contributed by atoms with E-state index in [2.05, 4.69) is 29.5 Å². The summed E-state index contributed by atoms with van der Waals surface area (Å²) in [5.74, 6) is -0.0452. The van der Waals surface area contributed by atoms with Crippen LogP contribution in [0.4, 0.5) is 0 Å². The number of hydrogen-bond donors (Lipinski definition) is 1. The standard InChI is InChI=1S/C19H20N2OS/c1-13(2)12-21-16-9-14(3)23-18(16)10-17(21)19(22)20-11-15-7-5-4-6-8-15/h4-10H,1,11-12H2,2-3H3,(H,20,22). The number of carbonyl (C=O) groups is 1. The topological polar surface area (TPSA) is 34.0 Å². The number of hydrogen-bond acceptors (Lipinski definition) is 2. The van der Waals surface area contributed by atoms with Crippen molar-refractivity contribution in [3.63, 3.8) is 0 Å². The second kappa shape index (κ2) is 6.42. The third-order valence-corrected chi connectivity index (χ3v) is 4.66. The fraction of sp³-hybridized carbons (Fsp3) is 0.211. The summed E-state index contributed by atoms with van der Waals surface area (Å²) in [6.07, 6.45) is 0. The van der Waals surface area contributed by atoms with Crippen molar-refractivity contribution in [2.75, 3.05) is 0 Å². The summed E-state index contributed by atoms with van der Waals surface area (Å²) in [5, 5.41) is 3.01. The average molecular weight is 324 g/mol. The second-order valence-corrected chi connectivity index (χ2v) is 7.14. The first kappa shape index (κ1) is 15.6. The number of rotatable bonds is 5. The number of allylic oxidation sites excluding steroid dienone is 1. The van der Waals surface area contributed by atoms with Gasteiger partial charge in [0, 0.05) is 18.0 Å². The summed E-state index contributed by atoms with van der Waals surface area (Å²) in [6, 6.07) is 14.1. The molecule has 4 heteroatoms.